The highest BCUT2D eigenvalue weighted by atomic mass is 32.2. The van der Waals surface area contributed by atoms with Gasteiger partial charge in [-0.3, -0.25) is 9.69 Å². The lowest BCUT2D eigenvalue weighted by molar-refractivity contribution is -0.127. The number of nitrogens with zero attached hydrogens (tertiary/aromatic N) is 2. The average molecular weight is 246 g/mol. The number of hydrogen-bond donors (Lipinski definition) is 0. The highest BCUT2D eigenvalue weighted by molar-refractivity contribution is 8.13. The Morgan fingerprint density at radius 3 is 2.71 bits per heavy atom. The minimum Gasteiger partial charge on any atom is -0.293 e. The SMILES string of the molecule is CSC1=N[C@@]2(C[C@H]2c2ccccc2)C(=O)N1C. The predicted octanol–water partition coefficient (Wildman–Crippen LogP) is 2.10. The molecule has 88 valence electrons. The summed E-state index contributed by atoms with van der Waals surface area (Å²) in [6.07, 6.45) is 2.81. The third-order valence-electron chi connectivity index (χ3n) is 3.57. The van der Waals surface area contributed by atoms with E-state index in [1.165, 1.54) is 17.3 Å². The molecule has 1 aliphatic heterocycles. The fourth-order valence-corrected chi connectivity index (χ4v) is 3.16. The van der Waals surface area contributed by atoms with E-state index in [0.29, 0.717) is 0 Å². The Morgan fingerprint density at radius 2 is 2.12 bits per heavy atom. The monoisotopic (exact) mass is 246 g/mol. The van der Waals surface area contributed by atoms with Gasteiger partial charge >= 0.3 is 0 Å². The fraction of sp³-hybridized carbons (Fsp3) is 0.385. The standard InChI is InChI=1S/C13H14N2OS/c1-15-11(16)13(14-12(15)17-2)8-10(13)9-6-4-3-5-7-9/h3-7,10H,8H2,1-2H3/t10-,13+/m0/s1. The lowest BCUT2D eigenvalue weighted by Crippen LogP contribution is -2.32. The van der Waals surface area contributed by atoms with Crippen molar-refractivity contribution in [2.75, 3.05) is 13.3 Å². The molecule has 0 radical (unpaired) electrons. The summed E-state index contributed by atoms with van der Waals surface area (Å²) in [6.45, 7) is 0. The van der Waals surface area contributed by atoms with E-state index in [2.05, 4.69) is 17.1 Å². The Balaban J connectivity index is 1.93. The summed E-state index contributed by atoms with van der Waals surface area (Å²) in [5.41, 5.74) is 0.745. The van der Waals surface area contributed by atoms with Crippen molar-refractivity contribution in [3.05, 3.63) is 35.9 Å². The molecule has 1 aromatic carbocycles. The highest BCUT2D eigenvalue weighted by Gasteiger charge is 2.65. The zero-order valence-corrected chi connectivity index (χ0v) is 10.7. The first-order valence-electron chi connectivity index (χ1n) is 5.66. The van der Waals surface area contributed by atoms with Crippen molar-refractivity contribution >= 4 is 22.8 Å². The van der Waals surface area contributed by atoms with Crippen LogP contribution in [-0.4, -0.2) is 34.8 Å². The second-order valence-corrected chi connectivity index (χ2v) is 5.33. The van der Waals surface area contributed by atoms with E-state index < -0.39 is 5.54 Å². The quantitative estimate of drug-likeness (QED) is 0.760. The molecule has 2 atom stereocenters. The number of rotatable bonds is 1. The van der Waals surface area contributed by atoms with Crippen LogP contribution in [0.15, 0.2) is 35.3 Å². The minimum atomic E-state index is -0.478. The Labute approximate surface area is 105 Å². The molecule has 1 saturated carbocycles. The van der Waals surface area contributed by atoms with Crippen LogP contribution < -0.4 is 0 Å². The van der Waals surface area contributed by atoms with Crippen LogP contribution in [0, 0.1) is 0 Å². The third kappa shape index (κ3) is 1.43. The van der Waals surface area contributed by atoms with E-state index in [-0.39, 0.29) is 11.8 Å². The first-order chi connectivity index (χ1) is 8.19. The van der Waals surface area contributed by atoms with Gasteiger partial charge in [-0.1, -0.05) is 42.1 Å². The van der Waals surface area contributed by atoms with Gasteiger partial charge in [0.15, 0.2) is 5.17 Å². The van der Waals surface area contributed by atoms with Gasteiger partial charge in [0.2, 0.25) is 0 Å². The molecular formula is C13H14N2OS. The van der Waals surface area contributed by atoms with Crippen molar-refractivity contribution in [2.24, 2.45) is 4.99 Å². The van der Waals surface area contributed by atoms with E-state index in [1.807, 2.05) is 31.5 Å². The summed E-state index contributed by atoms with van der Waals surface area (Å²) in [4.78, 5) is 18.6. The summed E-state index contributed by atoms with van der Waals surface area (Å²) in [5, 5.41) is 0.841. The van der Waals surface area contributed by atoms with Gasteiger partial charge < -0.3 is 0 Å². The number of hydrogen-bond acceptors (Lipinski definition) is 3. The van der Waals surface area contributed by atoms with Gasteiger partial charge in [0.1, 0.15) is 5.54 Å². The molecule has 0 unspecified atom stereocenters. The van der Waals surface area contributed by atoms with Gasteiger partial charge in [-0.05, 0) is 18.2 Å². The molecule has 1 aliphatic carbocycles. The molecule has 2 aliphatic rings. The van der Waals surface area contributed by atoms with Gasteiger partial charge in [0, 0.05) is 13.0 Å². The Morgan fingerprint density at radius 1 is 1.41 bits per heavy atom. The zero-order valence-electron chi connectivity index (χ0n) is 9.88. The summed E-state index contributed by atoms with van der Waals surface area (Å²) in [5.74, 6) is 0.416. The molecule has 0 saturated heterocycles. The summed E-state index contributed by atoms with van der Waals surface area (Å²) in [7, 11) is 1.81. The lowest BCUT2D eigenvalue weighted by atomic mass is 10.1. The van der Waals surface area contributed by atoms with Gasteiger partial charge in [-0.25, -0.2) is 4.99 Å². The number of carbonyl (C=O) groups excluding carboxylic acids is 1. The molecule has 1 heterocycles. The van der Waals surface area contributed by atoms with Crippen molar-refractivity contribution in [3.8, 4) is 0 Å². The normalized spacial score (nSPS) is 30.9. The average Bonchev–Trinajstić information content (AvgIpc) is 3.05. The predicted molar refractivity (Wildman–Crippen MR) is 70.3 cm³/mol. The van der Waals surface area contributed by atoms with Crippen LogP contribution >= 0.6 is 11.8 Å². The highest BCUT2D eigenvalue weighted by Crippen LogP contribution is 2.57. The maximum atomic E-state index is 12.2. The van der Waals surface area contributed by atoms with Crippen LogP contribution in [0.25, 0.3) is 0 Å². The first kappa shape index (κ1) is 10.8. The van der Waals surface area contributed by atoms with Crippen LogP contribution in [0.1, 0.15) is 17.9 Å². The number of likely N-dealkylation sites (N-methyl/N-ethyl adjacent to an activating group) is 1. The molecule has 1 amide bonds. The maximum Gasteiger partial charge on any atom is 0.256 e. The first-order valence-corrected chi connectivity index (χ1v) is 6.88. The topological polar surface area (TPSA) is 32.7 Å². The van der Waals surface area contributed by atoms with E-state index in [0.717, 1.165) is 11.6 Å². The van der Waals surface area contributed by atoms with Gasteiger partial charge in [0.05, 0.1) is 0 Å². The molecule has 1 fully saturated rings. The van der Waals surface area contributed by atoms with Crippen molar-refractivity contribution in [1.82, 2.24) is 4.90 Å². The summed E-state index contributed by atoms with van der Waals surface area (Å²) < 4.78 is 0. The van der Waals surface area contributed by atoms with Crippen LogP contribution in [-0.2, 0) is 4.79 Å². The zero-order chi connectivity index (χ0) is 12.0. The van der Waals surface area contributed by atoms with Crippen molar-refractivity contribution < 1.29 is 4.79 Å². The fourth-order valence-electron chi connectivity index (χ4n) is 2.54. The number of thioether (sulfide) groups is 1. The molecule has 17 heavy (non-hydrogen) atoms. The molecular weight excluding hydrogens is 232 g/mol. The molecule has 3 rings (SSSR count). The molecule has 4 heteroatoms. The van der Waals surface area contributed by atoms with Crippen molar-refractivity contribution in [3.63, 3.8) is 0 Å². The number of amides is 1. The van der Waals surface area contributed by atoms with E-state index in [4.69, 9.17) is 0 Å². The van der Waals surface area contributed by atoms with Crippen LogP contribution in [0.3, 0.4) is 0 Å². The van der Waals surface area contributed by atoms with E-state index in [9.17, 15) is 4.79 Å². The van der Waals surface area contributed by atoms with E-state index >= 15 is 0 Å². The van der Waals surface area contributed by atoms with Crippen LogP contribution in [0.2, 0.25) is 0 Å². The van der Waals surface area contributed by atoms with Gasteiger partial charge in [-0.2, -0.15) is 0 Å². The van der Waals surface area contributed by atoms with E-state index in [1.54, 1.807) is 4.90 Å². The largest absolute Gasteiger partial charge is 0.293 e. The Bertz CT molecular complexity index is 499. The molecule has 0 N–H and O–H groups in total. The molecule has 0 aromatic heterocycles. The number of carbonyl (C=O) groups is 1. The number of aliphatic imine (C=N–C) groups is 1. The number of benzene rings is 1. The molecule has 1 aromatic rings. The maximum absolute atomic E-state index is 12.2. The second kappa shape index (κ2) is 3.60. The van der Waals surface area contributed by atoms with Gasteiger partial charge in [-0.15, -0.1) is 0 Å². The van der Waals surface area contributed by atoms with Crippen molar-refractivity contribution in [2.45, 2.75) is 17.9 Å². The number of amidine groups is 1. The molecule has 0 bridgehead atoms. The Kier molecular flexibility index (Phi) is 2.30. The minimum absolute atomic E-state index is 0.149. The van der Waals surface area contributed by atoms with Crippen LogP contribution in [0.5, 0.6) is 0 Å². The smallest absolute Gasteiger partial charge is 0.256 e. The van der Waals surface area contributed by atoms with Crippen LogP contribution in [0.4, 0.5) is 0 Å². The Hall–Kier alpha value is -1.29. The summed E-state index contributed by atoms with van der Waals surface area (Å²) >= 11 is 1.54. The lowest BCUT2D eigenvalue weighted by Gasteiger charge is -2.10. The van der Waals surface area contributed by atoms with Gasteiger partial charge in [0.25, 0.3) is 5.91 Å². The molecule has 1 spiro atoms. The third-order valence-corrected chi connectivity index (χ3v) is 4.30. The van der Waals surface area contributed by atoms with Crippen molar-refractivity contribution in [1.29, 1.82) is 0 Å². The second-order valence-electron chi connectivity index (χ2n) is 4.55. The summed E-state index contributed by atoms with van der Waals surface area (Å²) in [6, 6.07) is 10.2. The molecule has 3 nitrogen and oxygen atoms in total.